The smallest absolute Gasteiger partial charge is 0.228 e. The summed E-state index contributed by atoms with van der Waals surface area (Å²) in [6, 6.07) is 8.35. The van der Waals surface area contributed by atoms with E-state index in [1.54, 1.807) is 0 Å². The van der Waals surface area contributed by atoms with Crippen molar-refractivity contribution in [1.82, 2.24) is 10.1 Å². The fourth-order valence-corrected chi connectivity index (χ4v) is 2.48. The molecule has 4 nitrogen and oxygen atoms in total. The Kier molecular flexibility index (Phi) is 5.92. The van der Waals surface area contributed by atoms with E-state index in [4.69, 9.17) is 4.52 Å². The van der Waals surface area contributed by atoms with Gasteiger partial charge in [0.05, 0.1) is 5.75 Å². The van der Waals surface area contributed by atoms with Gasteiger partial charge in [0.2, 0.25) is 5.89 Å². The number of nitrogens with zero attached hydrogens (tertiary/aromatic N) is 2. The van der Waals surface area contributed by atoms with Gasteiger partial charge in [-0.1, -0.05) is 29.8 Å². The molecule has 1 aromatic carbocycles. The van der Waals surface area contributed by atoms with Gasteiger partial charge in [-0.2, -0.15) is 16.7 Å². The summed E-state index contributed by atoms with van der Waals surface area (Å²) >= 11 is 1.84. The van der Waals surface area contributed by atoms with Crippen molar-refractivity contribution in [1.29, 1.82) is 0 Å². The van der Waals surface area contributed by atoms with Gasteiger partial charge in [-0.25, -0.2) is 0 Å². The number of aromatic nitrogens is 2. The first-order valence-corrected chi connectivity index (χ1v) is 8.13. The van der Waals surface area contributed by atoms with E-state index in [1.807, 2.05) is 11.8 Å². The van der Waals surface area contributed by atoms with Crippen molar-refractivity contribution >= 4 is 17.4 Å². The molecule has 0 saturated carbocycles. The van der Waals surface area contributed by atoms with Crippen LogP contribution in [0, 0.1) is 6.92 Å². The van der Waals surface area contributed by atoms with E-state index < -0.39 is 0 Å². The number of rotatable bonds is 8. The van der Waals surface area contributed by atoms with Gasteiger partial charge < -0.3 is 9.84 Å². The quantitative estimate of drug-likeness (QED) is 0.752. The molecule has 0 unspecified atom stereocenters. The molecule has 0 bridgehead atoms. The topological polar surface area (TPSA) is 51.0 Å². The summed E-state index contributed by atoms with van der Waals surface area (Å²) < 4.78 is 5.24. The monoisotopic (exact) mass is 291 g/mol. The molecule has 1 aromatic heterocycles. The van der Waals surface area contributed by atoms with Crippen LogP contribution in [0.15, 0.2) is 28.8 Å². The van der Waals surface area contributed by atoms with E-state index in [1.165, 1.54) is 12.0 Å². The lowest BCUT2D eigenvalue weighted by Gasteiger charge is -2.04. The highest BCUT2D eigenvalue weighted by atomic mass is 32.2. The fraction of sp³-hybridized carbons (Fsp3) is 0.467. The van der Waals surface area contributed by atoms with Crippen LogP contribution in [0.4, 0.5) is 5.69 Å². The van der Waals surface area contributed by atoms with E-state index in [9.17, 15) is 0 Å². The highest BCUT2D eigenvalue weighted by Gasteiger charge is 2.05. The molecular weight excluding hydrogens is 270 g/mol. The molecule has 0 radical (unpaired) electrons. The molecule has 0 saturated heterocycles. The molecule has 0 spiro atoms. The maximum absolute atomic E-state index is 5.24. The first kappa shape index (κ1) is 14.9. The number of benzene rings is 1. The maximum Gasteiger partial charge on any atom is 0.228 e. The van der Waals surface area contributed by atoms with Crippen LogP contribution in [-0.4, -0.2) is 22.4 Å². The van der Waals surface area contributed by atoms with Crippen molar-refractivity contribution in [2.24, 2.45) is 0 Å². The summed E-state index contributed by atoms with van der Waals surface area (Å²) in [5, 5.41) is 7.34. The predicted molar refractivity (Wildman–Crippen MR) is 84.1 cm³/mol. The SMILES string of the molecule is CCCSCc1noc(CCNc2ccc(C)cc2)n1. The van der Waals surface area contributed by atoms with Crippen molar-refractivity contribution < 1.29 is 4.52 Å². The zero-order chi connectivity index (χ0) is 14.2. The Labute approximate surface area is 124 Å². The molecule has 1 heterocycles. The standard InChI is InChI=1S/C15H21N3OS/c1-3-10-20-11-14-17-15(19-18-14)8-9-16-13-6-4-12(2)5-7-13/h4-7,16H,3,8-11H2,1-2H3. The molecule has 108 valence electrons. The van der Waals surface area contributed by atoms with Crippen LogP contribution in [0.5, 0.6) is 0 Å². The Morgan fingerprint density at radius 3 is 2.80 bits per heavy atom. The summed E-state index contributed by atoms with van der Waals surface area (Å²) in [7, 11) is 0. The molecule has 0 amide bonds. The molecule has 20 heavy (non-hydrogen) atoms. The van der Waals surface area contributed by atoms with Crippen LogP contribution in [0.25, 0.3) is 0 Å². The summed E-state index contributed by atoms with van der Waals surface area (Å²) in [4.78, 5) is 4.39. The van der Waals surface area contributed by atoms with Crippen molar-refractivity contribution in [3.63, 3.8) is 0 Å². The Balaban J connectivity index is 1.72. The largest absolute Gasteiger partial charge is 0.385 e. The molecule has 0 aliphatic carbocycles. The number of nitrogens with one attached hydrogen (secondary N) is 1. The van der Waals surface area contributed by atoms with Crippen LogP contribution in [0.2, 0.25) is 0 Å². The first-order chi connectivity index (χ1) is 9.78. The molecule has 0 aliphatic heterocycles. The Bertz CT molecular complexity index is 510. The van der Waals surface area contributed by atoms with E-state index in [-0.39, 0.29) is 0 Å². The Hall–Kier alpha value is -1.49. The minimum absolute atomic E-state index is 0.705. The lowest BCUT2D eigenvalue weighted by Crippen LogP contribution is -2.05. The summed E-state index contributed by atoms with van der Waals surface area (Å²) in [5.74, 6) is 3.48. The molecule has 2 aromatic rings. The maximum atomic E-state index is 5.24. The van der Waals surface area contributed by atoms with Crippen LogP contribution in [0.3, 0.4) is 0 Å². The van der Waals surface area contributed by atoms with Gasteiger partial charge in [0.15, 0.2) is 5.82 Å². The number of aryl methyl sites for hydroxylation is 1. The number of thioether (sulfide) groups is 1. The molecule has 5 heteroatoms. The number of hydrogen-bond acceptors (Lipinski definition) is 5. The lowest BCUT2D eigenvalue weighted by atomic mass is 10.2. The summed E-state index contributed by atoms with van der Waals surface area (Å²) in [5.41, 5.74) is 2.38. The minimum atomic E-state index is 0.705. The van der Waals surface area contributed by atoms with Crippen LogP contribution in [0.1, 0.15) is 30.6 Å². The van der Waals surface area contributed by atoms with Gasteiger partial charge in [-0.3, -0.25) is 0 Å². The first-order valence-electron chi connectivity index (χ1n) is 6.97. The van der Waals surface area contributed by atoms with Gasteiger partial charge in [0.25, 0.3) is 0 Å². The van der Waals surface area contributed by atoms with Gasteiger partial charge in [-0.15, -0.1) is 0 Å². The van der Waals surface area contributed by atoms with Gasteiger partial charge in [-0.05, 0) is 31.2 Å². The van der Waals surface area contributed by atoms with Gasteiger partial charge in [0, 0.05) is 18.7 Å². The molecule has 1 N–H and O–H groups in total. The summed E-state index contributed by atoms with van der Waals surface area (Å²) in [6.07, 6.45) is 1.93. The lowest BCUT2D eigenvalue weighted by molar-refractivity contribution is 0.376. The third-order valence-electron chi connectivity index (χ3n) is 2.81. The van der Waals surface area contributed by atoms with Crippen molar-refractivity contribution in [2.75, 3.05) is 17.6 Å². The zero-order valence-corrected chi connectivity index (χ0v) is 12.9. The fourth-order valence-electron chi connectivity index (χ4n) is 1.74. The molecule has 0 atom stereocenters. The number of anilines is 1. The second-order valence-electron chi connectivity index (χ2n) is 4.70. The second-order valence-corrected chi connectivity index (χ2v) is 5.80. The average molecular weight is 291 g/mol. The van der Waals surface area contributed by atoms with Crippen LogP contribution >= 0.6 is 11.8 Å². The molecule has 0 aliphatic rings. The van der Waals surface area contributed by atoms with Crippen LogP contribution in [-0.2, 0) is 12.2 Å². The van der Waals surface area contributed by atoms with Crippen LogP contribution < -0.4 is 5.32 Å². The minimum Gasteiger partial charge on any atom is -0.385 e. The Morgan fingerprint density at radius 2 is 2.05 bits per heavy atom. The van der Waals surface area contributed by atoms with E-state index in [0.717, 1.165) is 36.0 Å². The van der Waals surface area contributed by atoms with E-state index in [0.29, 0.717) is 5.89 Å². The normalized spacial score (nSPS) is 10.7. The Morgan fingerprint density at radius 1 is 1.25 bits per heavy atom. The highest BCUT2D eigenvalue weighted by molar-refractivity contribution is 7.98. The highest BCUT2D eigenvalue weighted by Crippen LogP contribution is 2.11. The predicted octanol–water partition coefficient (Wildman–Crippen LogP) is 3.68. The molecular formula is C15H21N3OS. The van der Waals surface area contributed by atoms with E-state index >= 15 is 0 Å². The van der Waals surface area contributed by atoms with Gasteiger partial charge >= 0.3 is 0 Å². The third kappa shape index (κ3) is 4.89. The van der Waals surface area contributed by atoms with Crippen molar-refractivity contribution in [3.05, 3.63) is 41.5 Å². The molecule has 0 fully saturated rings. The average Bonchev–Trinajstić information content (AvgIpc) is 2.89. The van der Waals surface area contributed by atoms with Gasteiger partial charge in [0.1, 0.15) is 0 Å². The summed E-state index contributed by atoms with van der Waals surface area (Å²) in [6.45, 7) is 5.05. The molecule has 2 rings (SSSR count). The second kappa shape index (κ2) is 7.94. The van der Waals surface area contributed by atoms with Crippen molar-refractivity contribution in [3.8, 4) is 0 Å². The van der Waals surface area contributed by atoms with Crippen molar-refractivity contribution in [2.45, 2.75) is 32.4 Å². The zero-order valence-electron chi connectivity index (χ0n) is 12.1. The van der Waals surface area contributed by atoms with E-state index in [2.05, 4.69) is 53.6 Å². The number of hydrogen-bond donors (Lipinski definition) is 1. The third-order valence-corrected chi connectivity index (χ3v) is 3.97.